The van der Waals surface area contributed by atoms with Crippen molar-refractivity contribution in [2.75, 3.05) is 37.0 Å². The smallest absolute Gasteiger partial charge is 0.159 e. The van der Waals surface area contributed by atoms with Gasteiger partial charge >= 0.3 is 0 Å². The predicted octanol–water partition coefficient (Wildman–Crippen LogP) is 6.61. The second kappa shape index (κ2) is 5.80. The molecule has 1 aromatic heterocycles. The van der Waals surface area contributed by atoms with Crippen molar-refractivity contribution in [3.8, 4) is 0 Å². The van der Waals surface area contributed by atoms with Gasteiger partial charge in [-0.25, -0.2) is 0 Å². The molecule has 142 valence electrons. The van der Waals surface area contributed by atoms with Crippen molar-refractivity contribution < 1.29 is 4.42 Å². The zero-order valence-corrected chi connectivity index (χ0v) is 18.0. The fraction of sp³-hybridized carbons (Fsp3) is 0.250. The maximum atomic E-state index is 6.32. The molecule has 0 aliphatic heterocycles. The van der Waals surface area contributed by atoms with Gasteiger partial charge < -0.3 is 9.32 Å². The van der Waals surface area contributed by atoms with Crippen LogP contribution in [0.4, 0.5) is 11.4 Å². The number of thiol groups is 1. The Bertz CT molecular complexity index is 1140. The Balaban J connectivity index is 1.83. The minimum absolute atomic E-state index is 0.949. The number of anilines is 2. The molecule has 0 unspecified atom stereocenters. The second-order valence-electron chi connectivity index (χ2n) is 9.36. The average molecular weight is 380 g/mol. The lowest BCUT2D eigenvalue weighted by Gasteiger charge is -2.47. The lowest BCUT2D eigenvalue weighted by Crippen LogP contribution is -2.12. The normalized spacial score (nSPS) is 13.6. The van der Waals surface area contributed by atoms with E-state index >= 15 is 0 Å². The standard InChI is InChI=1S/C24H29NOS/c1-17-9-7-10-20-21-11-8-12-22(24(21)26-23(17)20)25(2)18-13-15-19(16-14-18)27(3,4,5)6/h7-16,27H,1-6H3. The van der Waals surface area contributed by atoms with Gasteiger partial charge in [-0.2, -0.15) is 0 Å². The average Bonchev–Trinajstić information content (AvgIpc) is 3.00. The molecule has 0 radical (unpaired) electrons. The molecular weight excluding hydrogens is 350 g/mol. The summed E-state index contributed by atoms with van der Waals surface area (Å²) in [6.07, 6.45) is 9.56. The lowest BCUT2D eigenvalue weighted by molar-refractivity contribution is 0.665. The van der Waals surface area contributed by atoms with Crippen LogP contribution in [0.3, 0.4) is 0 Å². The molecule has 0 aliphatic carbocycles. The Hall–Kier alpha value is -2.39. The number of furan rings is 1. The minimum atomic E-state index is -1.75. The van der Waals surface area contributed by atoms with Gasteiger partial charge in [0.1, 0.15) is 5.58 Å². The van der Waals surface area contributed by atoms with E-state index in [2.05, 4.69) is 105 Å². The summed E-state index contributed by atoms with van der Waals surface area (Å²) in [5.41, 5.74) is 5.36. The number of hydrogen-bond acceptors (Lipinski definition) is 2. The van der Waals surface area contributed by atoms with Gasteiger partial charge in [-0.3, -0.25) is 9.16 Å². The van der Waals surface area contributed by atoms with Gasteiger partial charge in [0, 0.05) is 23.5 Å². The highest BCUT2D eigenvalue weighted by Crippen LogP contribution is 2.63. The third-order valence-electron chi connectivity index (χ3n) is 5.33. The molecule has 27 heavy (non-hydrogen) atoms. The van der Waals surface area contributed by atoms with E-state index < -0.39 is 9.16 Å². The summed E-state index contributed by atoms with van der Waals surface area (Å²) in [4.78, 5) is 3.67. The summed E-state index contributed by atoms with van der Waals surface area (Å²) in [5, 5.41) is 2.35. The Morgan fingerprint density at radius 3 is 1.96 bits per heavy atom. The maximum Gasteiger partial charge on any atom is 0.159 e. The highest BCUT2D eigenvalue weighted by Gasteiger charge is 2.21. The van der Waals surface area contributed by atoms with Gasteiger partial charge in [0.2, 0.25) is 0 Å². The molecule has 4 rings (SSSR count). The molecule has 0 spiro atoms. The van der Waals surface area contributed by atoms with Crippen LogP contribution in [-0.4, -0.2) is 32.1 Å². The van der Waals surface area contributed by atoms with Crippen LogP contribution in [0, 0.1) is 6.92 Å². The van der Waals surface area contributed by atoms with Crippen molar-refractivity contribution >= 4 is 42.5 Å². The first-order valence-electron chi connectivity index (χ1n) is 9.37. The monoisotopic (exact) mass is 379 g/mol. The van der Waals surface area contributed by atoms with Crippen LogP contribution < -0.4 is 4.90 Å². The topological polar surface area (TPSA) is 16.4 Å². The molecule has 4 aromatic rings. The SMILES string of the molecule is Cc1cccc2c1oc1c(N(C)c3ccc([SH](C)(C)(C)C)cc3)cccc12. The molecule has 2 nitrogen and oxygen atoms in total. The molecule has 3 heteroatoms. The molecule has 3 aromatic carbocycles. The van der Waals surface area contributed by atoms with Crippen molar-refractivity contribution in [1.82, 2.24) is 0 Å². The quantitative estimate of drug-likeness (QED) is 0.403. The van der Waals surface area contributed by atoms with E-state index in [1.165, 1.54) is 26.9 Å². The highest BCUT2D eigenvalue weighted by molar-refractivity contribution is 8.47. The van der Waals surface area contributed by atoms with Crippen LogP contribution in [0.15, 0.2) is 70.0 Å². The van der Waals surface area contributed by atoms with E-state index in [1.54, 1.807) is 0 Å². The van der Waals surface area contributed by atoms with Crippen LogP contribution in [0.2, 0.25) is 0 Å². The molecule has 0 atom stereocenters. The Kier molecular flexibility index (Phi) is 3.87. The maximum absolute atomic E-state index is 6.32. The number of para-hydroxylation sites is 2. The van der Waals surface area contributed by atoms with Crippen LogP contribution in [-0.2, 0) is 0 Å². The Labute approximate surface area is 162 Å². The Morgan fingerprint density at radius 2 is 1.33 bits per heavy atom. The van der Waals surface area contributed by atoms with Crippen LogP contribution in [0.25, 0.3) is 21.9 Å². The van der Waals surface area contributed by atoms with E-state index in [0.29, 0.717) is 0 Å². The van der Waals surface area contributed by atoms with Crippen molar-refractivity contribution in [3.63, 3.8) is 0 Å². The molecule has 0 aliphatic rings. The van der Waals surface area contributed by atoms with Crippen LogP contribution in [0.1, 0.15) is 5.56 Å². The van der Waals surface area contributed by atoms with Gasteiger partial charge in [-0.05, 0) is 72.7 Å². The van der Waals surface area contributed by atoms with Crippen LogP contribution >= 0.6 is 9.16 Å². The summed E-state index contributed by atoms with van der Waals surface area (Å²) < 4.78 is 6.32. The minimum Gasteiger partial charge on any atom is -0.454 e. The number of rotatable bonds is 3. The molecule has 0 saturated heterocycles. The molecular formula is C24H29NOS. The van der Waals surface area contributed by atoms with Crippen molar-refractivity contribution in [2.45, 2.75) is 11.8 Å². The number of nitrogens with zero attached hydrogens (tertiary/aromatic N) is 1. The van der Waals surface area contributed by atoms with Crippen molar-refractivity contribution in [1.29, 1.82) is 0 Å². The van der Waals surface area contributed by atoms with Crippen molar-refractivity contribution in [2.24, 2.45) is 0 Å². The summed E-state index contributed by atoms with van der Waals surface area (Å²) in [6.45, 7) is 2.10. The Morgan fingerprint density at radius 1 is 0.741 bits per heavy atom. The second-order valence-corrected chi connectivity index (χ2v) is 17.0. The van der Waals surface area contributed by atoms with E-state index in [-0.39, 0.29) is 0 Å². The summed E-state index contributed by atoms with van der Waals surface area (Å²) in [5.74, 6) is 0. The predicted molar refractivity (Wildman–Crippen MR) is 124 cm³/mol. The summed E-state index contributed by atoms with van der Waals surface area (Å²) in [7, 11) is 0.362. The van der Waals surface area contributed by atoms with E-state index in [1.807, 2.05) is 0 Å². The fourth-order valence-electron chi connectivity index (χ4n) is 3.62. The molecule has 0 fully saturated rings. The highest BCUT2D eigenvalue weighted by atomic mass is 32.3. The zero-order chi connectivity index (χ0) is 19.4. The first-order valence-corrected chi connectivity index (χ1v) is 13.4. The number of hydrogen-bond donors (Lipinski definition) is 1. The van der Waals surface area contributed by atoms with Gasteiger partial charge in [0.15, 0.2) is 5.58 Å². The largest absolute Gasteiger partial charge is 0.454 e. The van der Waals surface area contributed by atoms with Gasteiger partial charge in [-0.1, -0.05) is 30.3 Å². The summed E-state index contributed by atoms with van der Waals surface area (Å²) >= 11 is 0. The lowest BCUT2D eigenvalue weighted by atomic mass is 10.1. The number of aryl methyl sites for hydroxylation is 1. The first-order chi connectivity index (χ1) is 12.6. The van der Waals surface area contributed by atoms with E-state index in [0.717, 1.165) is 16.9 Å². The van der Waals surface area contributed by atoms with Crippen LogP contribution in [0.5, 0.6) is 0 Å². The number of benzene rings is 3. The number of fused-ring (bicyclic) bond motifs is 3. The molecule has 0 N–H and O–H groups in total. The van der Waals surface area contributed by atoms with Gasteiger partial charge in [0.25, 0.3) is 0 Å². The van der Waals surface area contributed by atoms with Crippen molar-refractivity contribution in [3.05, 3.63) is 66.2 Å². The molecule has 1 heterocycles. The molecule has 0 saturated carbocycles. The van der Waals surface area contributed by atoms with Gasteiger partial charge in [0.05, 0.1) is 5.69 Å². The zero-order valence-electron chi connectivity index (χ0n) is 17.1. The summed E-state index contributed by atoms with van der Waals surface area (Å²) in [6, 6.07) is 21.7. The van der Waals surface area contributed by atoms with E-state index in [4.69, 9.17) is 4.42 Å². The molecule has 0 bridgehead atoms. The van der Waals surface area contributed by atoms with E-state index in [9.17, 15) is 0 Å². The molecule has 0 amide bonds. The first kappa shape index (κ1) is 18.0. The fourth-order valence-corrected chi connectivity index (χ4v) is 4.96. The third kappa shape index (κ3) is 3.10. The van der Waals surface area contributed by atoms with Gasteiger partial charge in [-0.15, -0.1) is 0 Å². The third-order valence-corrected chi connectivity index (χ3v) is 7.70.